The lowest BCUT2D eigenvalue weighted by Gasteiger charge is -2.17. The van der Waals surface area contributed by atoms with Crippen molar-refractivity contribution in [2.24, 2.45) is 10.7 Å². The van der Waals surface area contributed by atoms with E-state index in [-0.39, 0.29) is 29.2 Å². The maximum Gasteiger partial charge on any atom is 0.274 e. The van der Waals surface area contributed by atoms with Crippen LogP contribution in [0.3, 0.4) is 0 Å². The molecule has 2 rings (SSSR count). The summed E-state index contributed by atoms with van der Waals surface area (Å²) in [5.41, 5.74) is 6.73. The van der Waals surface area contributed by atoms with E-state index in [4.69, 9.17) is 10.5 Å². The summed E-state index contributed by atoms with van der Waals surface area (Å²) in [4.78, 5) is 20.5. The Morgan fingerprint density at radius 2 is 2.06 bits per heavy atom. The van der Waals surface area contributed by atoms with Crippen molar-refractivity contribution in [1.82, 2.24) is 4.98 Å². The van der Waals surface area contributed by atoms with E-state index in [1.54, 1.807) is 13.0 Å². The first-order valence-electron chi connectivity index (χ1n) is 9.67. The molecule has 0 aliphatic rings. The van der Waals surface area contributed by atoms with Crippen molar-refractivity contribution >= 4 is 27.3 Å². The number of benzene rings is 1. The average molecular weight is 451 g/mol. The number of aliphatic imine (C=N–C) groups is 1. The molecule has 10 heteroatoms. The van der Waals surface area contributed by atoms with Gasteiger partial charge in [0, 0.05) is 18.3 Å². The first-order valence-corrected chi connectivity index (χ1v) is 11.4. The third kappa shape index (κ3) is 6.00. The number of pyridine rings is 1. The summed E-state index contributed by atoms with van der Waals surface area (Å²) < 4.78 is 45.2. The number of amides is 1. The van der Waals surface area contributed by atoms with Crippen LogP contribution in [0.5, 0.6) is 5.75 Å². The first-order chi connectivity index (χ1) is 14.6. The van der Waals surface area contributed by atoms with Crippen molar-refractivity contribution in [2.75, 3.05) is 19.5 Å². The van der Waals surface area contributed by atoms with E-state index in [1.807, 2.05) is 6.92 Å². The molecule has 0 spiro atoms. The normalized spacial score (nSPS) is 13.0. The maximum atomic E-state index is 14.4. The van der Waals surface area contributed by atoms with Crippen LogP contribution < -0.4 is 15.8 Å². The molecular weight excluding hydrogens is 423 g/mol. The average Bonchev–Trinajstić information content (AvgIpc) is 2.73. The summed E-state index contributed by atoms with van der Waals surface area (Å²) >= 11 is 0. The molecule has 0 fully saturated rings. The van der Waals surface area contributed by atoms with Crippen LogP contribution in [0.25, 0.3) is 0 Å². The summed E-state index contributed by atoms with van der Waals surface area (Å²) in [5, 5.41) is 1.63. The van der Waals surface area contributed by atoms with E-state index in [1.165, 1.54) is 32.5 Å². The molecule has 1 unspecified atom stereocenters. The Labute approximate surface area is 181 Å². The molecule has 1 heterocycles. The van der Waals surface area contributed by atoms with Gasteiger partial charge in [-0.1, -0.05) is 13.3 Å². The van der Waals surface area contributed by atoms with E-state index < -0.39 is 32.6 Å². The molecule has 0 aliphatic heterocycles. The highest BCUT2D eigenvalue weighted by molar-refractivity contribution is 7.92. The molecule has 1 aromatic heterocycles. The van der Waals surface area contributed by atoms with Crippen LogP contribution in [0, 0.1) is 12.7 Å². The van der Waals surface area contributed by atoms with Crippen LogP contribution in [-0.4, -0.2) is 44.6 Å². The van der Waals surface area contributed by atoms with Crippen molar-refractivity contribution < 1.29 is 22.3 Å². The number of nitrogens with zero attached hydrogens (tertiary/aromatic N) is 2. The predicted molar refractivity (Wildman–Crippen MR) is 119 cm³/mol. The highest BCUT2D eigenvalue weighted by Gasteiger charge is 2.29. The Balaban J connectivity index is 2.28. The Morgan fingerprint density at radius 1 is 1.35 bits per heavy atom. The summed E-state index contributed by atoms with van der Waals surface area (Å²) in [7, 11) is -0.906. The van der Waals surface area contributed by atoms with Crippen LogP contribution in [0.15, 0.2) is 35.5 Å². The molecule has 168 valence electrons. The van der Waals surface area contributed by atoms with Gasteiger partial charge in [-0.05, 0) is 43.2 Å². The number of nitrogens with two attached hydrogens (primary N) is 1. The van der Waals surface area contributed by atoms with Crippen LogP contribution in [0.4, 0.5) is 10.1 Å². The number of carbonyl (C=O) groups is 1. The number of anilines is 1. The van der Waals surface area contributed by atoms with Crippen LogP contribution in [0.1, 0.15) is 41.4 Å². The van der Waals surface area contributed by atoms with Gasteiger partial charge in [-0.3, -0.25) is 9.79 Å². The fraction of sp³-hybridized carbons (Fsp3) is 0.381. The van der Waals surface area contributed by atoms with Crippen molar-refractivity contribution in [2.45, 2.75) is 37.7 Å². The van der Waals surface area contributed by atoms with Gasteiger partial charge in [-0.2, -0.15) is 0 Å². The van der Waals surface area contributed by atoms with Crippen molar-refractivity contribution in [3.63, 3.8) is 0 Å². The van der Waals surface area contributed by atoms with Gasteiger partial charge < -0.3 is 15.8 Å². The number of ether oxygens (including phenoxy) is 1. The van der Waals surface area contributed by atoms with E-state index in [0.29, 0.717) is 17.7 Å². The lowest BCUT2D eigenvalue weighted by atomic mass is 10.1. The van der Waals surface area contributed by atoms with Gasteiger partial charge in [0.2, 0.25) is 0 Å². The fourth-order valence-corrected chi connectivity index (χ4v) is 5.01. The summed E-state index contributed by atoms with van der Waals surface area (Å²) in [6.45, 7) is 3.54. The van der Waals surface area contributed by atoms with Gasteiger partial charge >= 0.3 is 0 Å². The smallest absolute Gasteiger partial charge is 0.274 e. The molecule has 1 aromatic carbocycles. The summed E-state index contributed by atoms with van der Waals surface area (Å²) in [6.07, 6.45) is 2.27. The quantitative estimate of drug-likeness (QED) is 0.447. The standard InChI is InChI=1S/C21H27FN4O4S/c1-5-6-18(20(23)24-3)31(28,29)12-14-10-15(7-8-17(14)22)26-21(27)19-13(2)9-16(30-4)11-25-19/h7-11,18H,5-6,12H2,1-4H3,(H2,23,24)(H,26,27). The molecule has 1 amide bonds. The number of hydrogen-bond acceptors (Lipinski definition) is 6. The minimum Gasteiger partial charge on any atom is -0.495 e. The Morgan fingerprint density at radius 3 is 2.65 bits per heavy atom. The maximum absolute atomic E-state index is 14.4. The Kier molecular flexibility index (Phi) is 8.09. The third-order valence-corrected chi connectivity index (χ3v) is 6.79. The van der Waals surface area contributed by atoms with E-state index in [0.717, 1.165) is 6.07 Å². The Hall–Kier alpha value is -3.01. The molecular formula is C21H27FN4O4S. The largest absolute Gasteiger partial charge is 0.495 e. The number of halogens is 1. The predicted octanol–water partition coefficient (Wildman–Crippen LogP) is 2.86. The van der Waals surface area contributed by atoms with Crippen molar-refractivity contribution in [1.29, 1.82) is 0 Å². The second-order valence-electron chi connectivity index (χ2n) is 7.03. The van der Waals surface area contributed by atoms with Crippen LogP contribution in [-0.2, 0) is 15.6 Å². The minimum absolute atomic E-state index is 0.00669. The lowest BCUT2D eigenvalue weighted by Crippen LogP contribution is -2.37. The van der Waals surface area contributed by atoms with Crippen molar-refractivity contribution in [3.05, 3.63) is 53.1 Å². The van der Waals surface area contributed by atoms with Crippen LogP contribution in [0.2, 0.25) is 0 Å². The number of aromatic nitrogens is 1. The second-order valence-corrected chi connectivity index (χ2v) is 9.22. The number of carbonyl (C=O) groups excluding carboxylic acids is 1. The zero-order valence-electron chi connectivity index (χ0n) is 18.0. The van der Waals surface area contributed by atoms with Crippen LogP contribution >= 0.6 is 0 Å². The van der Waals surface area contributed by atoms with Gasteiger partial charge in [0.05, 0.1) is 19.1 Å². The zero-order chi connectivity index (χ0) is 23.2. The molecule has 3 N–H and O–H groups in total. The SMILES string of the molecule is CCCC(C(N)=NC)S(=O)(=O)Cc1cc(NC(=O)c2ncc(OC)cc2C)ccc1F. The number of aryl methyl sites for hydroxylation is 1. The molecule has 0 saturated carbocycles. The molecule has 31 heavy (non-hydrogen) atoms. The van der Waals surface area contributed by atoms with Gasteiger partial charge in [0.15, 0.2) is 9.84 Å². The van der Waals surface area contributed by atoms with Gasteiger partial charge in [-0.15, -0.1) is 0 Å². The molecule has 2 aromatic rings. The molecule has 1 atom stereocenters. The van der Waals surface area contributed by atoms with E-state index in [2.05, 4.69) is 15.3 Å². The first kappa shape index (κ1) is 24.3. The van der Waals surface area contributed by atoms with Crippen molar-refractivity contribution in [3.8, 4) is 5.75 Å². The third-order valence-electron chi connectivity index (χ3n) is 4.74. The molecule has 0 bridgehead atoms. The Bertz CT molecular complexity index is 1090. The number of rotatable bonds is 9. The number of methoxy groups -OCH3 is 1. The second kappa shape index (κ2) is 10.3. The van der Waals surface area contributed by atoms with E-state index in [9.17, 15) is 17.6 Å². The monoisotopic (exact) mass is 450 g/mol. The molecule has 0 saturated heterocycles. The molecule has 0 aliphatic carbocycles. The zero-order valence-corrected chi connectivity index (χ0v) is 18.8. The van der Waals surface area contributed by atoms with Gasteiger partial charge in [0.1, 0.15) is 28.3 Å². The number of nitrogens with one attached hydrogen (secondary N) is 1. The number of sulfone groups is 1. The molecule has 8 nitrogen and oxygen atoms in total. The van der Waals surface area contributed by atoms with E-state index >= 15 is 0 Å². The topological polar surface area (TPSA) is 124 Å². The summed E-state index contributed by atoms with van der Waals surface area (Å²) in [6, 6.07) is 5.43. The highest BCUT2D eigenvalue weighted by atomic mass is 32.2. The minimum atomic E-state index is -3.82. The van der Waals surface area contributed by atoms with Gasteiger partial charge in [0.25, 0.3) is 5.91 Å². The number of hydrogen-bond donors (Lipinski definition) is 2. The fourth-order valence-electron chi connectivity index (χ4n) is 3.09. The number of amidine groups is 1. The van der Waals surface area contributed by atoms with Gasteiger partial charge in [-0.25, -0.2) is 17.8 Å². The lowest BCUT2D eigenvalue weighted by molar-refractivity contribution is 0.102. The summed E-state index contributed by atoms with van der Waals surface area (Å²) in [5.74, 6) is -1.26. The highest BCUT2D eigenvalue weighted by Crippen LogP contribution is 2.22. The molecule has 0 radical (unpaired) electrons.